The smallest absolute Gasteiger partial charge is 0.261 e. The van der Waals surface area contributed by atoms with Gasteiger partial charge in [0.15, 0.2) is 6.10 Å². The Morgan fingerprint density at radius 1 is 1.22 bits per heavy atom. The van der Waals surface area contributed by atoms with Gasteiger partial charge in [0, 0.05) is 10.6 Å². The lowest BCUT2D eigenvalue weighted by Crippen LogP contribution is -2.38. The number of benzene rings is 2. The number of amides is 1. The molecule has 5 heteroatoms. The number of aryl methyl sites for hydroxylation is 1. The van der Waals surface area contributed by atoms with E-state index in [1.807, 2.05) is 6.92 Å². The van der Waals surface area contributed by atoms with Crippen LogP contribution in [0.15, 0.2) is 42.5 Å². The van der Waals surface area contributed by atoms with Crippen molar-refractivity contribution < 1.29 is 13.9 Å². The summed E-state index contributed by atoms with van der Waals surface area (Å²) in [5, 5.41) is 3.37. The molecule has 2 atom stereocenters. The van der Waals surface area contributed by atoms with Gasteiger partial charge >= 0.3 is 0 Å². The second kappa shape index (κ2) is 7.47. The molecule has 0 spiro atoms. The molecule has 3 nitrogen and oxygen atoms in total. The molecule has 0 fully saturated rings. The van der Waals surface area contributed by atoms with Gasteiger partial charge in [0.1, 0.15) is 11.6 Å². The zero-order valence-corrected chi connectivity index (χ0v) is 14.0. The highest BCUT2D eigenvalue weighted by Gasteiger charge is 2.19. The molecule has 0 saturated heterocycles. The van der Waals surface area contributed by atoms with Crippen LogP contribution in [-0.4, -0.2) is 12.0 Å². The fourth-order valence-electron chi connectivity index (χ4n) is 2.22. The monoisotopic (exact) mass is 335 g/mol. The van der Waals surface area contributed by atoms with Crippen molar-refractivity contribution in [1.82, 2.24) is 5.32 Å². The van der Waals surface area contributed by atoms with Crippen LogP contribution in [-0.2, 0) is 4.79 Å². The highest BCUT2D eigenvalue weighted by Crippen LogP contribution is 2.23. The highest BCUT2D eigenvalue weighted by atomic mass is 35.5. The van der Waals surface area contributed by atoms with Gasteiger partial charge in [-0.25, -0.2) is 4.39 Å². The Balaban J connectivity index is 2.01. The third kappa shape index (κ3) is 4.45. The van der Waals surface area contributed by atoms with Crippen molar-refractivity contribution in [2.75, 3.05) is 0 Å². The predicted octanol–water partition coefficient (Wildman–Crippen LogP) is 4.43. The molecular formula is C18H19ClFNO2. The van der Waals surface area contributed by atoms with Gasteiger partial charge in [0.25, 0.3) is 5.91 Å². The summed E-state index contributed by atoms with van der Waals surface area (Å²) in [6.07, 6.45) is -0.705. The number of hydrogen-bond acceptors (Lipinski definition) is 2. The second-order valence-electron chi connectivity index (χ2n) is 5.42. The zero-order chi connectivity index (χ0) is 17.0. The summed E-state index contributed by atoms with van der Waals surface area (Å²) in [5.74, 6) is -0.0619. The van der Waals surface area contributed by atoms with Crippen molar-refractivity contribution >= 4 is 17.5 Å². The Morgan fingerprint density at radius 3 is 2.57 bits per heavy atom. The average molecular weight is 336 g/mol. The summed E-state index contributed by atoms with van der Waals surface area (Å²) in [6, 6.07) is 11.1. The van der Waals surface area contributed by atoms with Gasteiger partial charge in [-0.2, -0.15) is 0 Å². The number of carbonyl (C=O) groups is 1. The molecule has 2 aromatic rings. The van der Waals surface area contributed by atoms with Crippen molar-refractivity contribution in [2.45, 2.75) is 32.9 Å². The molecule has 0 aliphatic rings. The predicted molar refractivity (Wildman–Crippen MR) is 89.2 cm³/mol. The maximum Gasteiger partial charge on any atom is 0.261 e. The van der Waals surface area contributed by atoms with Crippen LogP contribution in [0, 0.1) is 12.7 Å². The van der Waals surface area contributed by atoms with Crippen LogP contribution in [0.5, 0.6) is 5.75 Å². The molecule has 0 unspecified atom stereocenters. The first kappa shape index (κ1) is 17.3. The topological polar surface area (TPSA) is 38.3 Å². The molecule has 0 bridgehead atoms. The van der Waals surface area contributed by atoms with Crippen LogP contribution in [0.2, 0.25) is 5.02 Å². The molecule has 23 heavy (non-hydrogen) atoms. The lowest BCUT2D eigenvalue weighted by molar-refractivity contribution is -0.127. The molecule has 0 saturated carbocycles. The van der Waals surface area contributed by atoms with Crippen LogP contribution in [0.3, 0.4) is 0 Å². The summed E-state index contributed by atoms with van der Waals surface area (Å²) in [4.78, 5) is 12.2. The van der Waals surface area contributed by atoms with E-state index < -0.39 is 12.1 Å². The van der Waals surface area contributed by atoms with Crippen LogP contribution in [0.4, 0.5) is 4.39 Å². The summed E-state index contributed by atoms with van der Waals surface area (Å²) < 4.78 is 19.4. The fourth-order valence-corrected chi connectivity index (χ4v) is 2.45. The van der Waals surface area contributed by atoms with E-state index in [0.29, 0.717) is 16.3 Å². The van der Waals surface area contributed by atoms with E-state index in [9.17, 15) is 9.18 Å². The van der Waals surface area contributed by atoms with E-state index in [1.165, 1.54) is 6.07 Å². The van der Waals surface area contributed by atoms with Crippen LogP contribution >= 0.6 is 11.6 Å². The van der Waals surface area contributed by atoms with Crippen molar-refractivity contribution in [3.8, 4) is 5.75 Å². The molecule has 0 aliphatic heterocycles. The van der Waals surface area contributed by atoms with Crippen molar-refractivity contribution in [3.63, 3.8) is 0 Å². The van der Waals surface area contributed by atoms with E-state index in [1.54, 1.807) is 50.2 Å². The molecule has 1 amide bonds. The molecule has 0 heterocycles. The van der Waals surface area contributed by atoms with Crippen molar-refractivity contribution in [2.24, 2.45) is 0 Å². The highest BCUT2D eigenvalue weighted by molar-refractivity contribution is 6.30. The first-order chi connectivity index (χ1) is 10.9. The molecule has 0 aromatic heterocycles. The van der Waals surface area contributed by atoms with Crippen LogP contribution in [0.1, 0.15) is 31.0 Å². The molecule has 0 radical (unpaired) electrons. The first-order valence-corrected chi connectivity index (χ1v) is 7.74. The molecular weight excluding hydrogens is 317 g/mol. The first-order valence-electron chi connectivity index (χ1n) is 7.36. The summed E-state index contributed by atoms with van der Waals surface area (Å²) in [6.45, 7) is 5.24. The quantitative estimate of drug-likeness (QED) is 0.877. The standard InChI is InChI=1S/C18H19ClFNO2/c1-11-10-14(19)8-9-17(11)23-13(3)18(22)21-12(2)15-6-4-5-7-16(15)20/h4-10,12-13H,1-3H3,(H,21,22)/t12-,13-/m0/s1. The largest absolute Gasteiger partial charge is 0.481 e. The second-order valence-corrected chi connectivity index (χ2v) is 5.86. The number of halogens is 2. The number of ether oxygens (including phenoxy) is 1. The Morgan fingerprint density at radius 2 is 1.91 bits per heavy atom. The maximum atomic E-state index is 13.7. The van der Waals surface area contributed by atoms with Gasteiger partial charge in [-0.15, -0.1) is 0 Å². The average Bonchev–Trinajstić information content (AvgIpc) is 2.50. The lowest BCUT2D eigenvalue weighted by Gasteiger charge is -2.20. The van der Waals surface area contributed by atoms with Gasteiger partial charge in [0.2, 0.25) is 0 Å². The number of rotatable bonds is 5. The van der Waals surface area contributed by atoms with Gasteiger partial charge in [0.05, 0.1) is 6.04 Å². The van der Waals surface area contributed by atoms with Crippen molar-refractivity contribution in [1.29, 1.82) is 0 Å². The fraction of sp³-hybridized carbons (Fsp3) is 0.278. The zero-order valence-electron chi connectivity index (χ0n) is 13.3. The minimum absolute atomic E-state index is 0.310. The Bertz CT molecular complexity index is 705. The SMILES string of the molecule is Cc1cc(Cl)ccc1O[C@@H](C)C(=O)N[C@@H](C)c1ccccc1F. The van der Waals surface area contributed by atoms with Gasteiger partial charge in [-0.3, -0.25) is 4.79 Å². The maximum absolute atomic E-state index is 13.7. The number of carbonyl (C=O) groups excluding carboxylic acids is 1. The van der Waals surface area contributed by atoms with Crippen molar-refractivity contribution in [3.05, 3.63) is 64.4 Å². The van der Waals surface area contributed by atoms with Gasteiger partial charge in [-0.1, -0.05) is 29.8 Å². The Hall–Kier alpha value is -2.07. The van der Waals surface area contributed by atoms with E-state index in [-0.39, 0.29) is 11.7 Å². The normalized spacial score (nSPS) is 13.3. The molecule has 122 valence electrons. The summed E-state index contributed by atoms with van der Waals surface area (Å²) >= 11 is 5.90. The molecule has 0 aliphatic carbocycles. The lowest BCUT2D eigenvalue weighted by atomic mass is 10.1. The van der Waals surface area contributed by atoms with E-state index >= 15 is 0 Å². The van der Waals surface area contributed by atoms with Gasteiger partial charge < -0.3 is 10.1 Å². The summed E-state index contributed by atoms with van der Waals surface area (Å²) in [7, 11) is 0. The number of nitrogens with one attached hydrogen (secondary N) is 1. The van der Waals surface area contributed by atoms with E-state index in [0.717, 1.165) is 5.56 Å². The molecule has 2 aromatic carbocycles. The third-order valence-corrected chi connectivity index (χ3v) is 3.78. The molecule has 1 N–H and O–H groups in total. The van der Waals surface area contributed by atoms with Crippen LogP contribution < -0.4 is 10.1 Å². The van der Waals surface area contributed by atoms with Gasteiger partial charge in [-0.05, 0) is 50.6 Å². The summed E-state index contributed by atoms with van der Waals surface area (Å²) in [5.41, 5.74) is 1.29. The minimum Gasteiger partial charge on any atom is -0.481 e. The Labute approximate surface area is 140 Å². The Kier molecular flexibility index (Phi) is 5.61. The third-order valence-electron chi connectivity index (χ3n) is 3.54. The minimum atomic E-state index is -0.705. The van der Waals surface area contributed by atoms with Crippen LogP contribution in [0.25, 0.3) is 0 Å². The number of hydrogen-bond donors (Lipinski definition) is 1. The molecule has 2 rings (SSSR count). The van der Waals surface area contributed by atoms with E-state index in [4.69, 9.17) is 16.3 Å². The van der Waals surface area contributed by atoms with E-state index in [2.05, 4.69) is 5.32 Å².